The van der Waals surface area contributed by atoms with Crippen LogP contribution in [0, 0.1) is 5.41 Å². The van der Waals surface area contributed by atoms with E-state index in [1.165, 1.54) is 22.3 Å². The quantitative estimate of drug-likeness (QED) is 0.581. The van der Waals surface area contributed by atoms with Crippen LogP contribution in [0.1, 0.15) is 34.6 Å². The molecule has 0 spiro atoms. The highest BCUT2D eigenvalue weighted by Gasteiger charge is 2.32. The molecule has 0 aromatic rings. The highest BCUT2D eigenvalue weighted by atomic mass is 14.4. The van der Waals surface area contributed by atoms with E-state index >= 15 is 0 Å². The predicted octanol–water partition coefficient (Wildman–Crippen LogP) is 4.98. The summed E-state index contributed by atoms with van der Waals surface area (Å²) >= 11 is 0. The van der Waals surface area contributed by atoms with Crippen molar-refractivity contribution in [2.24, 2.45) is 5.41 Å². The standard InChI is InChI=1S/C16H22/c1-7-9-11-15-13(4)16(5,6)12(3)14(15)10-8-2/h7-11H,1H2,2-6H3/b10-8-,11-9-. The molecule has 0 bridgehead atoms. The summed E-state index contributed by atoms with van der Waals surface area (Å²) in [4.78, 5) is 0. The number of hydrogen-bond donors (Lipinski definition) is 0. The van der Waals surface area contributed by atoms with Crippen molar-refractivity contribution >= 4 is 0 Å². The van der Waals surface area contributed by atoms with Crippen molar-refractivity contribution in [3.8, 4) is 0 Å². The lowest BCUT2D eigenvalue weighted by atomic mass is 9.82. The van der Waals surface area contributed by atoms with E-state index in [2.05, 4.69) is 59.4 Å². The van der Waals surface area contributed by atoms with E-state index in [0.717, 1.165) is 0 Å². The topological polar surface area (TPSA) is 0 Å². The van der Waals surface area contributed by atoms with Gasteiger partial charge < -0.3 is 0 Å². The van der Waals surface area contributed by atoms with Crippen LogP contribution in [0.4, 0.5) is 0 Å². The minimum absolute atomic E-state index is 0.176. The van der Waals surface area contributed by atoms with Gasteiger partial charge in [0.1, 0.15) is 0 Å². The molecule has 0 nitrogen and oxygen atoms in total. The number of allylic oxidation sites excluding steroid dienone is 9. The van der Waals surface area contributed by atoms with Crippen LogP contribution in [0.5, 0.6) is 0 Å². The summed E-state index contributed by atoms with van der Waals surface area (Å²) in [6.45, 7) is 14.8. The molecule has 0 fully saturated rings. The smallest absolute Gasteiger partial charge is 0.00769 e. The Kier molecular flexibility index (Phi) is 3.74. The molecule has 1 aliphatic carbocycles. The fourth-order valence-corrected chi connectivity index (χ4v) is 2.12. The van der Waals surface area contributed by atoms with Crippen molar-refractivity contribution in [3.05, 3.63) is 59.3 Å². The van der Waals surface area contributed by atoms with Crippen LogP contribution in [0.15, 0.2) is 59.3 Å². The fraction of sp³-hybridized carbons (Fsp3) is 0.375. The predicted molar refractivity (Wildman–Crippen MR) is 73.3 cm³/mol. The zero-order valence-corrected chi connectivity index (χ0v) is 11.1. The lowest BCUT2D eigenvalue weighted by Gasteiger charge is -2.22. The third-order valence-corrected chi connectivity index (χ3v) is 3.71. The van der Waals surface area contributed by atoms with Gasteiger partial charge in [-0.05, 0) is 31.9 Å². The van der Waals surface area contributed by atoms with Gasteiger partial charge >= 0.3 is 0 Å². The van der Waals surface area contributed by atoms with Crippen LogP contribution in [0.2, 0.25) is 0 Å². The first-order chi connectivity index (χ1) is 7.46. The van der Waals surface area contributed by atoms with Crippen molar-refractivity contribution in [1.29, 1.82) is 0 Å². The summed E-state index contributed by atoms with van der Waals surface area (Å²) < 4.78 is 0. The van der Waals surface area contributed by atoms with Gasteiger partial charge in [0, 0.05) is 5.41 Å². The minimum atomic E-state index is 0.176. The highest BCUT2D eigenvalue weighted by Crippen LogP contribution is 2.47. The van der Waals surface area contributed by atoms with Gasteiger partial charge in [0.05, 0.1) is 0 Å². The first kappa shape index (κ1) is 12.8. The molecule has 0 aliphatic heterocycles. The van der Waals surface area contributed by atoms with E-state index in [0.29, 0.717) is 0 Å². The van der Waals surface area contributed by atoms with Gasteiger partial charge in [-0.1, -0.05) is 62.0 Å². The van der Waals surface area contributed by atoms with Gasteiger partial charge in [-0.25, -0.2) is 0 Å². The van der Waals surface area contributed by atoms with E-state index in [4.69, 9.17) is 0 Å². The number of hydrogen-bond acceptors (Lipinski definition) is 0. The minimum Gasteiger partial charge on any atom is -0.0991 e. The second-order valence-electron chi connectivity index (χ2n) is 4.80. The summed E-state index contributed by atoms with van der Waals surface area (Å²) in [5.74, 6) is 0. The third-order valence-electron chi connectivity index (χ3n) is 3.71. The Morgan fingerprint density at radius 2 is 1.50 bits per heavy atom. The molecule has 0 radical (unpaired) electrons. The van der Waals surface area contributed by atoms with E-state index in [1.807, 2.05) is 12.2 Å². The van der Waals surface area contributed by atoms with E-state index in [1.54, 1.807) is 0 Å². The summed E-state index contributed by atoms with van der Waals surface area (Å²) in [6.07, 6.45) is 10.3. The molecule has 16 heavy (non-hydrogen) atoms. The first-order valence-electron chi connectivity index (χ1n) is 5.81. The Balaban J connectivity index is 3.36. The SMILES string of the molecule is C=C/C=C\C1=C(C)C(C)(C)C(C)=C1/C=C\C. The van der Waals surface area contributed by atoms with Gasteiger partial charge in [-0.2, -0.15) is 0 Å². The van der Waals surface area contributed by atoms with Gasteiger partial charge in [-0.3, -0.25) is 0 Å². The first-order valence-corrected chi connectivity index (χ1v) is 5.81. The molecule has 0 heteroatoms. The van der Waals surface area contributed by atoms with Gasteiger partial charge in [-0.15, -0.1) is 0 Å². The average Bonchev–Trinajstić information content (AvgIpc) is 2.40. The lowest BCUT2D eigenvalue weighted by Crippen LogP contribution is -2.11. The third kappa shape index (κ3) is 1.97. The van der Waals surface area contributed by atoms with Crippen molar-refractivity contribution in [2.45, 2.75) is 34.6 Å². The van der Waals surface area contributed by atoms with Crippen LogP contribution in [0.25, 0.3) is 0 Å². The second-order valence-corrected chi connectivity index (χ2v) is 4.80. The fourth-order valence-electron chi connectivity index (χ4n) is 2.12. The van der Waals surface area contributed by atoms with E-state index < -0.39 is 0 Å². The molecule has 0 N–H and O–H groups in total. The monoisotopic (exact) mass is 214 g/mol. The Morgan fingerprint density at radius 1 is 1.00 bits per heavy atom. The van der Waals surface area contributed by atoms with Crippen molar-refractivity contribution in [2.75, 3.05) is 0 Å². The maximum atomic E-state index is 3.73. The molecule has 0 saturated carbocycles. The Morgan fingerprint density at radius 3 is 1.94 bits per heavy atom. The summed E-state index contributed by atoms with van der Waals surface area (Å²) in [5, 5.41) is 0. The van der Waals surface area contributed by atoms with Crippen LogP contribution >= 0.6 is 0 Å². The molecule has 0 aromatic carbocycles. The molecule has 1 rings (SSSR count). The van der Waals surface area contributed by atoms with Crippen LogP contribution in [-0.4, -0.2) is 0 Å². The van der Waals surface area contributed by atoms with Crippen LogP contribution in [-0.2, 0) is 0 Å². The van der Waals surface area contributed by atoms with Gasteiger partial charge in [0.25, 0.3) is 0 Å². The molecule has 0 aromatic heterocycles. The zero-order chi connectivity index (χ0) is 12.3. The van der Waals surface area contributed by atoms with Crippen molar-refractivity contribution in [1.82, 2.24) is 0 Å². The molecule has 0 unspecified atom stereocenters. The lowest BCUT2D eigenvalue weighted by molar-refractivity contribution is 0.548. The molecule has 86 valence electrons. The maximum absolute atomic E-state index is 3.73. The molecular weight excluding hydrogens is 192 g/mol. The van der Waals surface area contributed by atoms with E-state index in [9.17, 15) is 0 Å². The molecule has 0 saturated heterocycles. The van der Waals surface area contributed by atoms with Crippen LogP contribution in [0.3, 0.4) is 0 Å². The maximum Gasteiger partial charge on any atom is 0.00769 e. The van der Waals surface area contributed by atoms with Crippen molar-refractivity contribution in [3.63, 3.8) is 0 Å². The van der Waals surface area contributed by atoms with Gasteiger partial charge in [0.15, 0.2) is 0 Å². The summed E-state index contributed by atoms with van der Waals surface area (Å²) in [5.41, 5.74) is 5.78. The van der Waals surface area contributed by atoms with Gasteiger partial charge in [0.2, 0.25) is 0 Å². The Hall–Kier alpha value is -1.30. The largest absolute Gasteiger partial charge is 0.0991 e. The molecule has 0 atom stereocenters. The normalized spacial score (nSPS) is 20.6. The number of rotatable bonds is 3. The Labute approximate surface area is 99.8 Å². The average molecular weight is 214 g/mol. The van der Waals surface area contributed by atoms with Crippen molar-refractivity contribution < 1.29 is 0 Å². The second kappa shape index (κ2) is 4.69. The molecule has 1 aliphatic rings. The Bertz CT molecular complexity index is 409. The highest BCUT2D eigenvalue weighted by molar-refractivity contribution is 5.60. The van der Waals surface area contributed by atoms with E-state index in [-0.39, 0.29) is 5.41 Å². The molecule has 0 amide bonds. The summed E-state index contributed by atoms with van der Waals surface area (Å²) in [6, 6.07) is 0. The van der Waals surface area contributed by atoms with Crippen LogP contribution < -0.4 is 0 Å². The zero-order valence-electron chi connectivity index (χ0n) is 11.1. The molecular formula is C16H22. The molecule has 0 heterocycles. The summed E-state index contributed by atoms with van der Waals surface area (Å²) in [7, 11) is 0.